The highest BCUT2D eigenvalue weighted by Crippen LogP contribution is 2.28. The molecule has 5 nitrogen and oxygen atoms in total. The average molecular weight is 287 g/mol. The number of aromatic nitrogens is 2. The van der Waals surface area contributed by atoms with E-state index in [0.717, 1.165) is 16.6 Å². The van der Waals surface area contributed by atoms with Crippen LogP contribution in [-0.2, 0) is 6.42 Å². The van der Waals surface area contributed by atoms with Gasteiger partial charge in [-0.2, -0.15) is 0 Å². The molecule has 1 amide bonds. The second-order valence-electron chi connectivity index (χ2n) is 4.41. The number of thiazole rings is 1. The molecule has 0 spiro atoms. The SMILES string of the molecule is CCc1cccc2sc(NC(=O)c3cc(C)on3)nc12. The van der Waals surface area contributed by atoms with Crippen LogP contribution in [0, 0.1) is 6.92 Å². The Morgan fingerprint density at radius 3 is 3.00 bits per heavy atom. The van der Waals surface area contributed by atoms with Crippen LogP contribution in [0.5, 0.6) is 0 Å². The maximum Gasteiger partial charge on any atom is 0.279 e. The van der Waals surface area contributed by atoms with Crippen molar-refractivity contribution in [1.29, 1.82) is 0 Å². The van der Waals surface area contributed by atoms with E-state index >= 15 is 0 Å². The number of aryl methyl sites for hydroxylation is 2. The molecule has 1 N–H and O–H groups in total. The normalized spacial score (nSPS) is 10.9. The molecule has 102 valence electrons. The van der Waals surface area contributed by atoms with Gasteiger partial charge in [0.2, 0.25) is 0 Å². The topological polar surface area (TPSA) is 68.0 Å². The Kier molecular flexibility index (Phi) is 3.23. The third kappa shape index (κ3) is 2.30. The fourth-order valence-electron chi connectivity index (χ4n) is 1.98. The maximum atomic E-state index is 12.0. The van der Waals surface area contributed by atoms with Crippen LogP contribution in [0.3, 0.4) is 0 Å². The number of fused-ring (bicyclic) bond motifs is 1. The molecule has 0 radical (unpaired) electrons. The van der Waals surface area contributed by atoms with Crippen molar-refractivity contribution in [2.24, 2.45) is 0 Å². The Morgan fingerprint density at radius 1 is 1.45 bits per heavy atom. The zero-order valence-electron chi connectivity index (χ0n) is 11.1. The molecule has 3 rings (SSSR count). The van der Waals surface area contributed by atoms with Gasteiger partial charge in [-0.3, -0.25) is 10.1 Å². The maximum absolute atomic E-state index is 12.0. The van der Waals surface area contributed by atoms with Gasteiger partial charge in [0.25, 0.3) is 5.91 Å². The molecule has 0 saturated heterocycles. The highest BCUT2D eigenvalue weighted by Gasteiger charge is 2.14. The summed E-state index contributed by atoms with van der Waals surface area (Å²) in [6.07, 6.45) is 0.914. The van der Waals surface area contributed by atoms with Gasteiger partial charge in [0.05, 0.1) is 10.2 Å². The minimum Gasteiger partial charge on any atom is -0.361 e. The Labute approximate surface area is 119 Å². The summed E-state index contributed by atoms with van der Waals surface area (Å²) in [6.45, 7) is 3.83. The van der Waals surface area contributed by atoms with E-state index in [1.165, 1.54) is 16.9 Å². The second-order valence-corrected chi connectivity index (χ2v) is 5.44. The Hall–Kier alpha value is -2.21. The van der Waals surface area contributed by atoms with Gasteiger partial charge in [-0.05, 0) is 25.0 Å². The van der Waals surface area contributed by atoms with Gasteiger partial charge in [-0.25, -0.2) is 4.98 Å². The summed E-state index contributed by atoms with van der Waals surface area (Å²) in [5.41, 5.74) is 2.39. The first-order valence-corrected chi connectivity index (χ1v) is 7.12. The van der Waals surface area contributed by atoms with Crippen LogP contribution in [0.1, 0.15) is 28.7 Å². The van der Waals surface area contributed by atoms with Crippen LogP contribution in [-0.4, -0.2) is 16.0 Å². The van der Waals surface area contributed by atoms with E-state index in [0.29, 0.717) is 10.9 Å². The minimum atomic E-state index is -0.307. The van der Waals surface area contributed by atoms with E-state index in [9.17, 15) is 4.79 Å². The van der Waals surface area contributed by atoms with Crippen LogP contribution in [0.4, 0.5) is 5.13 Å². The highest BCUT2D eigenvalue weighted by molar-refractivity contribution is 7.22. The fraction of sp³-hybridized carbons (Fsp3) is 0.214. The lowest BCUT2D eigenvalue weighted by Gasteiger charge is -1.96. The molecule has 6 heteroatoms. The third-order valence-corrected chi connectivity index (χ3v) is 3.90. The summed E-state index contributed by atoms with van der Waals surface area (Å²) in [5.74, 6) is 0.298. The molecule has 0 aliphatic rings. The first kappa shape index (κ1) is 12.8. The standard InChI is InChI=1S/C14H13N3O2S/c1-3-9-5-4-6-11-12(9)15-14(20-11)16-13(18)10-7-8(2)19-17-10/h4-7H,3H2,1-2H3,(H,15,16,18). The molecule has 0 bridgehead atoms. The van der Waals surface area contributed by atoms with Crippen molar-refractivity contribution < 1.29 is 9.32 Å². The molecule has 0 fully saturated rings. The summed E-state index contributed by atoms with van der Waals surface area (Å²) in [5, 5.41) is 7.02. The van der Waals surface area contributed by atoms with E-state index in [2.05, 4.69) is 28.4 Å². The fourth-order valence-corrected chi connectivity index (χ4v) is 2.89. The minimum absolute atomic E-state index is 0.262. The first-order valence-electron chi connectivity index (χ1n) is 6.30. The van der Waals surface area contributed by atoms with E-state index in [1.54, 1.807) is 13.0 Å². The number of nitrogens with zero attached hydrogens (tertiary/aromatic N) is 2. The van der Waals surface area contributed by atoms with Crippen LogP contribution < -0.4 is 5.32 Å². The highest BCUT2D eigenvalue weighted by atomic mass is 32.1. The monoisotopic (exact) mass is 287 g/mol. The Morgan fingerprint density at radius 2 is 2.30 bits per heavy atom. The van der Waals surface area contributed by atoms with Crippen LogP contribution in [0.25, 0.3) is 10.2 Å². The van der Waals surface area contributed by atoms with Crippen molar-refractivity contribution in [2.45, 2.75) is 20.3 Å². The van der Waals surface area contributed by atoms with Crippen molar-refractivity contribution in [2.75, 3.05) is 5.32 Å². The smallest absolute Gasteiger partial charge is 0.279 e. The van der Waals surface area contributed by atoms with E-state index in [1.807, 2.05) is 12.1 Å². The number of hydrogen-bond donors (Lipinski definition) is 1. The van der Waals surface area contributed by atoms with Crippen molar-refractivity contribution in [1.82, 2.24) is 10.1 Å². The van der Waals surface area contributed by atoms with Gasteiger partial charge >= 0.3 is 0 Å². The molecule has 0 aliphatic carbocycles. The molecule has 2 aromatic heterocycles. The van der Waals surface area contributed by atoms with Crippen molar-refractivity contribution >= 4 is 32.6 Å². The van der Waals surface area contributed by atoms with Crippen LogP contribution >= 0.6 is 11.3 Å². The van der Waals surface area contributed by atoms with Gasteiger partial charge in [0.15, 0.2) is 10.8 Å². The molecule has 2 heterocycles. The second kappa shape index (κ2) is 5.05. The van der Waals surface area contributed by atoms with Crippen LogP contribution in [0.15, 0.2) is 28.8 Å². The summed E-state index contributed by atoms with van der Waals surface area (Å²) in [6, 6.07) is 7.66. The predicted molar refractivity (Wildman–Crippen MR) is 78.2 cm³/mol. The number of anilines is 1. The molecule has 20 heavy (non-hydrogen) atoms. The largest absolute Gasteiger partial charge is 0.361 e. The number of carbonyl (C=O) groups excluding carboxylic acids is 1. The van der Waals surface area contributed by atoms with Crippen molar-refractivity contribution in [3.63, 3.8) is 0 Å². The van der Waals surface area contributed by atoms with Crippen molar-refractivity contribution in [3.8, 4) is 0 Å². The Bertz CT molecular complexity index is 776. The quantitative estimate of drug-likeness (QED) is 0.801. The summed E-state index contributed by atoms with van der Waals surface area (Å²) >= 11 is 1.46. The molecule has 1 aromatic carbocycles. The number of hydrogen-bond acceptors (Lipinski definition) is 5. The summed E-state index contributed by atoms with van der Waals surface area (Å²) in [7, 11) is 0. The molecular formula is C14H13N3O2S. The average Bonchev–Trinajstić information content (AvgIpc) is 3.03. The summed E-state index contributed by atoms with van der Waals surface area (Å²) < 4.78 is 5.96. The van der Waals surface area contributed by atoms with Crippen molar-refractivity contribution in [3.05, 3.63) is 41.3 Å². The van der Waals surface area contributed by atoms with E-state index in [4.69, 9.17) is 4.52 Å². The lowest BCUT2D eigenvalue weighted by molar-refractivity contribution is 0.101. The van der Waals surface area contributed by atoms with Gasteiger partial charge in [0, 0.05) is 6.07 Å². The van der Waals surface area contributed by atoms with Gasteiger partial charge in [0.1, 0.15) is 5.76 Å². The van der Waals surface area contributed by atoms with Gasteiger partial charge < -0.3 is 4.52 Å². The third-order valence-electron chi connectivity index (χ3n) is 2.96. The molecular weight excluding hydrogens is 274 g/mol. The number of benzene rings is 1. The number of nitrogens with one attached hydrogen (secondary N) is 1. The van der Waals surface area contributed by atoms with E-state index < -0.39 is 0 Å². The molecule has 0 aliphatic heterocycles. The lowest BCUT2D eigenvalue weighted by Crippen LogP contribution is -2.11. The van der Waals surface area contributed by atoms with Gasteiger partial charge in [-0.1, -0.05) is 35.5 Å². The molecule has 0 atom stereocenters. The van der Waals surface area contributed by atoms with Gasteiger partial charge in [-0.15, -0.1) is 0 Å². The lowest BCUT2D eigenvalue weighted by atomic mass is 10.1. The predicted octanol–water partition coefficient (Wildman–Crippen LogP) is 3.41. The zero-order valence-corrected chi connectivity index (χ0v) is 12.0. The summed E-state index contributed by atoms with van der Waals surface area (Å²) in [4.78, 5) is 16.5. The molecule has 0 unspecified atom stereocenters. The number of amides is 1. The van der Waals surface area contributed by atoms with Crippen LogP contribution in [0.2, 0.25) is 0 Å². The molecule has 0 saturated carbocycles. The molecule has 3 aromatic rings. The Balaban J connectivity index is 1.89. The van der Waals surface area contributed by atoms with E-state index in [-0.39, 0.29) is 11.6 Å². The number of rotatable bonds is 3. The number of carbonyl (C=O) groups is 1. The number of para-hydroxylation sites is 1. The zero-order chi connectivity index (χ0) is 14.1. The first-order chi connectivity index (χ1) is 9.67.